The summed E-state index contributed by atoms with van der Waals surface area (Å²) in [6.45, 7) is 1.56. The normalized spacial score (nSPS) is 11.6. The molecule has 0 bridgehead atoms. The Labute approximate surface area is 124 Å². The van der Waals surface area contributed by atoms with Crippen molar-refractivity contribution in [2.45, 2.75) is 13.3 Å². The quantitative estimate of drug-likeness (QED) is 0.471. The van der Waals surface area contributed by atoms with Crippen molar-refractivity contribution >= 4 is 29.0 Å². The molecule has 0 spiro atoms. The van der Waals surface area contributed by atoms with Crippen LogP contribution in [0.3, 0.4) is 0 Å². The largest absolute Gasteiger partial charge is 0.468 e. The van der Waals surface area contributed by atoms with Crippen LogP contribution in [0.25, 0.3) is 0 Å². The highest BCUT2D eigenvalue weighted by Gasteiger charge is 2.21. The van der Waals surface area contributed by atoms with Crippen LogP contribution in [-0.4, -0.2) is 42.8 Å². The Morgan fingerprint density at radius 3 is 2.25 bits per heavy atom. The van der Waals surface area contributed by atoms with E-state index in [9.17, 15) is 9.59 Å². The topological polar surface area (TPSA) is 46.6 Å². The lowest BCUT2D eigenvalue weighted by molar-refractivity contribution is -0.148. The molecule has 0 N–H and O–H groups in total. The highest BCUT2D eigenvalue weighted by molar-refractivity contribution is 7.80. The number of hydrogen-bond donors (Lipinski definition) is 0. The van der Waals surface area contributed by atoms with Crippen LogP contribution >= 0.6 is 12.2 Å². The fourth-order valence-corrected chi connectivity index (χ4v) is 1.82. The molecular formula is C15H19NO3S. The smallest absolute Gasteiger partial charge is 0.315 e. The molecule has 0 aliphatic rings. The summed E-state index contributed by atoms with van der Waals surface area (Å²) in [5, 5.41) is 0. The first-order chi connectivity index (χ1) is 9.36. The van der Waals surface area contributed by atoms with Crippen molar-refractivity contribution in [3.8, 4) is 0 Å². The van der Waals surface area contributed by atoms with Crippen molar-refractivity contribution in [2.75, 3.05) is 21.2 Å². The summed E-state index contributed by atoms with van der Waals surface area (Å²) < 4.78 is 4.57. The highest BCUT2D eigenvalue weighted by Crippen LogP contribution is 2.11. The van der Waals surface area contributed by atoms with Crippen molar-refractivity contribution in [2.24, 2.45) is 5.92 Å². The minimum absolute atomic E-state index is 0.153. The van der Waals surface area contributed by atoms with Crippen molar-refractivity contribution in [3.05, 3.63) is 35.4 Å². The van der Waals surface area contributed by atoms with Crippen LogP contribution in [0.1, 0.15) is 18.1 Å². The molecule has 1 aromatic rings. The molecule has 0 aliphatic heterocycles. The van der Waals surface area contributed by atoms with Gasteiger partial charge in [-0.25, -0.2) is 0 Å². The molecule has 0 heterocycles. The predicted octanol–water partition coefficient (Wildman–Crippen LogP) is 1.84. The van der Waals surface area contributed by atoms with Gasteiger partial charge in [-0.3, -0.25) is 9.59 Å². The molecule has 1 atom stereocenters. The summed E-state index contributed by atoms with van der Waals surface area (Å²) >= 11 is 5.26. The molecule has 1 unspecified atom stereocenters. The van der Waals surface area contributed by atoms with Crippen molar-refractivity contribution in [1.82, 2.24) is 4.90 Å². The molecule has 1 aromatic carbocycles. The number of rotatable bonds is 5. The number of benzene rings is 1. The Kier molecular flexibility index (Phi) is 5.82. The van der Waals surface area contributed by atoms with Crippen LogP contribution in [-0.2, 0) is 20.7 Å². The molecule has 4 nitrogen and oxygen atoms in total. The van der Waals surface area contributed by atoms with E-state index in [1.807, 2.05) is 43.3 Å². The Morgan fingerprint density at radius 2 is 1.80 bits per heavy atom. The van der Waals surface area contributed by atoms with Crippen molar-refractivity contribution < 1.29 is 14.3 Å². The maximum absolute atomic E-state index is 11.9. The molecule has 108 valence electrons. The first kappa shape index (κ1) is 16.3. The fourth-order valence-electron chi connectivity index (χ4n) is 1.69. The Balaban J connectivity index is 2.73. The zero-order chi connectivity index (χ0) is 15.3. The second kappa shape index (κ2) is 7.14. The van der Waals surface area contributed by atoms with E-state index >= 15 is 0 Å². The Morgan fingerprint density at radius 1 is 1.25 bits per heavy atom. The minimum Gasteiger partial charge on any atom is -0.468 e. The lowest BCUT2D eigenvalue weighted by Gasteiger charge is -2.14. The first-order valence-electron chi connectivity index (χ1n) is 6.28. The standard InChI is InChI=1S/C15H19NO3S/c1-10(15(18)19-4)13(17)9-11-5-7-12(8-6-11)14(20)16(2)3/h5-8,10H,9H2,1-4H3. The summed E-state index contributed by atoms with van der Waals surface area (Å²) in [5.41, 5.74) is 1.79. The average Bonchev–Trinajstić information content (AvgIpc) is 2.45. The van der Waals surface area contributed by atoms with E-state index in [1.165, 1.54) is 7.11 Å². The molecule has 0 radical (unpaired) electrons. The van der Waals surface area contributed by atoms with E-state index in [0.717, 1.165) is 16.1 Å². The number of carbonyl (C=O) groups is 2. The minimum atomic E-state index is -0.734. The molecule has 0 amide bonds. The molecular weight excluding hydrogens is 274 g/mol. The van der Waals surface area contributed by atoms with Gasteiger partial charge in [-0.1, -0.05) is 36.5 Å². The van der Waals surface area contributed by atoms with Gasteiger partial charge in [0.2, 0.25) is 0 Å². The SMILES string of the molecule is COC(=O)C(C)C(=O)Cc1ccc(C(=S)N(C)C)cc1. The number of hydrogen-bond acceptors (Lipinski definition) is 4. The van der Waals surface area contributed by atoms with Gasteiger partial charge in [-0.15, -0.1) is 0 Å². The van der Waals surface area contributed by atoms with Crippen molar-refractivity contribution in [3.63, 3.8) is 0 Å². The molecule has 0 aromatic heterocycles. The van der Waals surface area contributed by atoms with Gasteiger partial charge in [0, 0.05) is 26.1 Å². The summed E-state index contributed by atoms with van der Waals surface area (Å²) in [7, 11) is 5.05. The van der Waals surface area contributed by atoms with Gasteiger partial charge in [-0.05, 0) is 12.5 Å². The van der Waals surface area contributed by atoms with Crippen LogP contribution in [0.4, 0.5) is 0 Å². The molecule has 0 saturated carbocycles. The molecule has 0 saturated heterocycles. The second-order valence-corrected chi connectivity index (χ2v) is 5.17. The maximum atomic E-state index is 11.9. The number of Topliss-reactive ketones (excluding diaryl/α,β-unsaturated/α-hetero) is 1. The zero-order valence-corrected chi connectivity index (χ0v) is 13.0. The van der Waals surface area contributed by atoms with E-state index in [4.69, 9.17) is 12.2 Å². The van der Waals surface area contributed by atoms with E-state index in [0.29, 0.717) is 0 Å². The van der Waals surface area contributed by atoms with Gasteiger partial charge < -0.3 is 9.64 Å². The van der Waals surface area contributed by atoms with E-state index in [2.05, 4.69) is 4.74 Å². The molecule has 5 heteroatoms. The third-order valence-corrected chi connectivity index (χ3v) is 3.62. The number of ketones is 1. The number of esters is 1. The first-order valence-corrected chi connectivity index (χ1v) is 6.68. The van der Waals surface area contributed by atoms with Gasteiger partial charge in [-0.2, -0.15) is 0 Å². The van der Waals surface area contributed by atoms with Crippen LogP contribution in [0.15, 0.2) is 24.3 Å². The second-order valence-electron chi connectivity index (χ2n) is 4.78. The molecule has 1 rings (SSSR count). The monoisotopic (exact) mass is 293 g/mol. The Bertz CT molecular complexity index is 508. The average molecular weight is 293 g/mol. The fraction of sp³-hybridized carbons (Fsp3) is 0.400. The predicted molar refractivity (Wildman–Crippen MR) is 81.7 cm³/mol. The van der Waals surface area contributed by atoms with E-state index in [-0.39, 0.29) is 12.2 Å². The number of ether oxygens (including phenoxy) is 1. The zero-order valence-electron chi connectivity index (χ0n) is 12.2. The van der Waals surface area contributed by atoms with Gasteiger partial charge in [0.15, 0.2) is 5.78 Å². The number of thiocarbonyl (C=S) groups is 1. The summed E-state index contributed by atoms with van der Waals surface area (Å²) in [6, 6.07) is 7.47. The van der Waals surface area contributed by atoms with Crippen LogP contribution in [0, 0.1) is 5.92 Å². The summed E-state index contributed by atoms with van der Waals surface area (Å²) in [5.74, 6) is -1.39. The van der Waals surface area contributed by atoms with Crippen LogP contribution in [0.2, 0.25) is 0 Å². The lowest BCUT2D eigenvalue weighted by Crippen LogP contribution is -2.24. The van der Waals surface area contributed by atoms with E-state index in [1.54, 1.807) is 6.92 Å². The third kappa shape index (κ3) is 4.13. The number of nitrogens with zero attached hydrogens (tertiary/aromatic N) is 1. The summed E-state index contributed by atoms with van der Waals surface area (Å²) in [6.07, 6.45) is 0.214. The molecule has 20 heavy (non-hydrogen) atoms. The van der Waals surface area contributed by atoms with Gasteiger partial charge in [0.1, 0.15) is 10.9 Å². The maximum Gasteiger partial charge on any atom is 0.315 e. The van der Waals surface area contributed by atoms with Crippen LogP contribution < -0.4 is 0 Å². The third-order valence-electron chi connectivity index (χ3n) is 3.02. The van der Waals surface area contributed by atoms with Crippen molar-refractivity contribution in [1.29, 1.82) is 0 Å². The van der Waals surface area contributed by atoms with Crippen LogP contribution in [0.5, 0.6) is 0 Å². The lowest BCUT2D eigenvalue weighted by atomic mass is 9.99. The highest BCUT2D eigenvalue weighted by atomic mass is 32.1. The number of methoxy groups -OCH3 is 1. The molecule has 0 aliphatic carbocycles. The van der Waals surface area contributed by atoms with E-state index < -0.39 is 11.9 Å². The Hall–Kier alpha value is -1.75. The number of carbonyl (C=O) groups excluding carboxylic acids is 2. The molecule has 0 fully saturated rings. The summed E-state index contributed by atoms with van der Waals surface area (Å²) in [4.78, 5) is 25.8. The van der Waals surface area contributed by atoms with Gasteiger partial charge in [0.05, 0.1) is 7.11 Å². The van der Waals surface area contributed by atoms with Gasteiger partial charge in [0.25, 0.3) is 0 Å². The van der Waals surface area contributed by atoms with Gasteiger partial charge >= 0.3 is 5.97 Å².